The van der Waals surface area contributed by atoms with Crippen LogP contribution >= 0.6 is 15.9 Å². The Morgan fingerprint density at radius 3 is 2.81 bits per heavy atom. The van der Waals surface area contributed by atoms with Gasteiger partial charge in [-0.3, -0.25) is 4.79 Å². The Morgan fingerprint density at radius 2 is 2.19 bits per heavy atom. The van der Waals surface area contributed by atoms with Crippen LogP contribution in [0.25, 0.3) is 0 Å². The lowest BCUT2D eigenvalue weighted by molar-refractivity contribution is 0.0844. The number of ether oxygens (including phenoxy) is 2. The van der Waals surface area contributed by atoms with Gasteiger partial charge in [0.2, 0.25) is 0 Å². The highest BCUT2D eigenvalue weighted by Crippen LogP contribution is 2.24. The third-order valence-corrected chi connectivity index (χ3v) is 2.47. The van der Waals surface area contributed by atoms with Crippen LogP contribution in [0.4, 0.5) is 0 Å². The second-order valence-electron chi connectivity index (χ2n) is 3.35. The second kappa shape index (κ2) is 6.66. The van der Waals surface area contributed by atoms with E-state index in [2.05, 4.69) is 15.9 Å². The molecule has 0 heterocycles. The number of hydrogen-bond acceptors (Lipinski definition) is 3. The predicted molar refractivity (Wildman–Crippen MR) is 66.1 cm³/mol. The summed E-state index contributed by atoms with van der Waals surface area (Å²) in [7, 11) is 1.50. The van der Waals surface area contributed by atoms with Gasteiger partial charge in [-0.05, 0) is 24.6 Å². The Hall–Kier alpha value is -0.870. The van der Waals surface area contributed by atoms with Crippen molar-refractivity contribution < 1.29 is 14.3 Å². The molecule has 0 unspecified atom stereocenters. The lowest BCUT2D eigenvalue weighted by Gasteiger charge is -2.10. The molecule has 0 aliphatic carbocycles. The smallest absolute Gasteiger partial charge is 0.192 e. The zero-order chi connectivity index (χ0) is 12.0. The van der Waals surface area contributed by atoms with E-state index in [1.807, 2.05) is 13.0 Å². The first-order valence-electron chi connectivity index (χ1n) is 5.13. The monoisotopic (exact) mass is 286 g/mol. The highest BCUT2D eigenvalue weighted by Gasteiger charge is 2.12. The summed E-state index contributed by atoms with van der Waals surface area (Å²) in [5, 5.41) is 0. The number of benzene rings is 1. The van der Waals surface area contributed by atoms with Crippen molar-refractivity contribution in [1.29, 1.82) is 0 Å². The van der Waals surface area contributed by atoms with Crippen LogP contribution in [-0.4, -0.2) is 26.1 Å². The maximum Gasteiger partial charge on any atom is 0.192 e. The van der Waals surface area contributed by atoms with Crippen molar-refractivity contribution in [2.45, 2.75) is 13.3 Å². The molecular formula is C12H15BrO3. The lowest BCUT2D eigenvalue weighted by Crippen LogP contribution is -2.10. The van der Waals surface area contributed by atoms with E-state index < -0.39 is 0 Å². The average molecular weight is 287 g/mol. The zero-order valence-electron chi connectivity index (χ0n) is 9.46. The number of hydrogen-bond donors (Lipinski definition) is 0. The fraction of sp³-hybridized carbons (Fsp3) is 0.417. The Labute approximate surface area is 104 Å². The van der Waals surface area contributed by atoms with Crippen molar-refractivity contribution in [2.24, 2.45) is 0 Å². The first-order valence-corrected chi connectivity index (χ1v) is 5.92. The zero-order valence-corrected chi connectivity index (χ0v) is 11.0. The van der Waals surface area contributed by atoms with Gasteiger partial charge in [0.1, 0.15) is 12.4 Å². The van der Waals surface area contributed by atoms with Crippen molar-refractivity contribution in [1.82, 2.24) is 0 Å². The number of Topliss-reactive ketones (excluding diaryl/α,β-unsaturated/α-hetero) is 1. The van der Waals surface area contributed by atoms with E-state index in [-0.39, 0.29) is 12.4 Å². The molecule has 16 heavy (non-hydrogen) atoms. The molecule has 0 spiro atoms. The SMILES string of the molecule is CCCOc1ccc(Br)cc1C(=O)COC. The summed E-state index contributed by atoms with van der Waals surface area (Å²) in [5.41, 5.74) is 0.560. The molecule has 0 bridgehead atoms. The Morgan fingerprint density at radius 1 is 1.44 bits per heavy atom. The molecule has 0 aromatic heterocycles. The van der Waals surface area contributed by atoms with Gasteiger partial charge >= 0.3 is 0 Å². The predicted octanol–water partition coefficient (Wildman–Crippen LogP) is 3.07. The third-order valence-electron chi connectivity index (χ3n) is 1.98. The van der Waals surface area contributed by atoms with Gasteiger partial charge in [0, 0.05) is 11.6 Å². The minimum Gasteiger partial charge on any atom is -0.493 e. The Kier molecular flexibility index (Phi) is 5.49. The van der Waals surface area contributed by atoms with Crippen molar-refractivity contribution in [2.75, 3.05) is 20.3 Å². The maximum atomic E-state index is 11.8. The highest BCUT2D eigenvalue weighted by molar-refractivity contribution is 9.10. The minimum absolute atomic E-state index is 0.0684. The fourth-order valence-corrected chi connectivity index (χ4v) is 1.63. The molecule has 0 saturated heterocycles. The number of halogens is 1. The Balaban J connectivity index is 2.93. The van der Waals surface area contributed by atoms with Gasteiger partial charge in [-0.2, -0.15) is 0 Å². The van der Waals surface area contributed by atoms with Gasteiger partial charge in [-0.25, -0.2) is 0 Å². The minimum atomic E-state index is -0.0742. The largest absolute Gasteiger partial charge is 0.493 e. The molecule has 0 aliphatic rings. The highest BCUT2D eigenvalue weighted by atomic mass is 79.9. The molecular weight excluding hydrogens is 272 g/mol. The molecule has 0 aliphatic heterocycles. The molecule has 3 nitrogen and oxygen atoms in total. The van der Waals surface area contributed by atoms with Crippen molar-refractivity contribution in [3.8, 4) is 5.75 Å². The summed E-state index contributed by atoms with van der Waals surface area (Å²) < 4.78 is 11.2. The summed E-state index contributed by atoms with van der Waals surface area (Å²) in [6, 6.07) is 5.41. The van der Waals surface area contributed by atoms with E-state index in [4.69, 9.17) is 9.47 Å². The van der Waals surface area contributed by atoms with Gasteiger partial charge in [-0.15, -0.1) is 0 Å². The standard InChI is InChI=1S/C12H15BrO3/c1-3-6-16-12-5-4-9(13)7-10(12)11(14)8-15-2/h4-5,7H,3,6,8H2,1-2H3. The molecule has 0 N–H and O–H groups in total. The topological polar surface area (TPSA) is 35.5 Å². The average Bonchev–Trinajstić information content (AvgIpc) is 2.27. The normalized spacial score (nSPS) is 10.2. The first-order chi connectivity index (χ1) is 7.69. The molecule has 1 rings (SSSR count). The van der Waals surface area contributed by atoms with E-state index in [0.717, 1.165) is 10.9 Å². The number of methoxy groups -OCH3 is 1. The van der Waals surface area contributed by atoms with Crippen molar-refractivity contribution in [3.63, 3.8) is 0 Å². The summed E-state index contributed by atoms with van der Waals surface area (Å²) in [5.74, 6) is 0.544. The van der Waals surface area contributed by atoms with Gasteiger partial charge in [0.15, 0.2) is 5.78 Å². The number of ketones is 1. The number of carbonyl (C=O) groups excluding carboxylic acids is 1. The van der Waals surface area contributed by atoms with E-state index in [1.54, 1.807) is 12.1 Å². The van der Waals surface area contributed by atoms with E-state index in [1.165, 1.54) is 7.11 Å². The molecule has 0 amide bonds. The van der Waals surface area contributed by atoms with Crippen molar-refractivity contribution >= 4 is 21.7 Å². The molecule has 0 atom stereocenters. The van der Waals surface area contributed by atoms with Crippen molar-refractivity contribution in [3.05, 3.63) is 28.2 Å². The van der Waals surface area contributed by atoms with Crippen LogP contribution in [0.15, 0.2) is 22.7 Å². The van der Waals surface area contributed by atoms with Crippen LogP contribution in [0.3, 0.4) is 0 Å². The maximum absolute atomic E-state index is 11.8. The third kappa shape index (κ3) is 3.61. The number of rotatable bonds is 6. The fourth-order valence-electron chi connectivity index (χ4n) is 1.27. The Bertz CT molecular complexity index is 363. The first kappa shape index (κ1) is 13.2. The van der Waals surface area contributed by atoms with Gasteiger partial charge in [0.05, 0.1) is 12.2 Å². The molecule has 4 heteroatoms. The molecule has 0 saturated carbocycles. The van der Waals surface area contributed by atoms with Gasteiger partial charge < -0.3 is 9.47 Å². The van der Waals surface area contributed by atoms with Gasteiger partial charge in [-0.1, -0.05) is 22.9 Å². The van der Waals surface area contributed by atoms with Crippen LogP contribution in [0.1, 0.15) is 23.7 Å². The number of carbonyl (C=O) groups is 1. The molecule has 0 fully saturated rings. The summed E-state index contributed by atoms with van der Waals surface area (Å²) in [6.45, 7) is 2.70. The van der Waals surface area contributed by atoms with Crippen LogP contribution in [0, 0.1) is 0 Å². The van der Waals surface area contributed by atoms with Crippen LogP contribution in [-0.2, 0) is 4.74 Å². The van der Waals surface area contributed by atoms with Gasteiger partial charge in [0.25, 0.3) is 0 Å². The molecule has 88 valence electrons. The summed E-state index contributed by atoms with van der Waals surface area (Å²) in [4.78, 5) is 11.8. The summed E-state index contributed by atoms with van der Waals surface area (Å²) in [6.07, 6.45) is 0.911. The van der Waals surface area contributed by atoms with Crippen LogP contribution < -0.4 is 4.74 Å². The van der Waals surface area contributed by atoms with E-state index in [9.17, 15) is 4.79 Å². The van der Waals surface area contributed by atoms with E-state index in [0.29, 0.717) is 17.9 Å². The van der Waals surface area contributed by atoms with Crippen LogP contribution in [0.5, 0.6) is 5.75 Å². The second-order valence-corrected chi connectivity index (χ2v) is 4.26. The quantitative estimate of drug-likeness (QED) is 0.754. The lowest BCUT2D eigenvalue weighted by atomic mass is 10.1. The molecule has 1 aromatic carbocycles. The molecule has 1 aromatic rings. The van der Waals surface area contributed by atoms with Crippen LogP contribution in [0.2, 0.25) is 0 Å². The summed E-state index contributed by atoms with van der Waals surface area (Å²) >= 11 is 3.34. The molecule has 0 radical (unpaired) electrons. The van der Waals surface area contributed by atoms with E-state index >= 15 is 0 Å².